The molecule has 0 saturated heterocycles. The molecular formula is C15H22N2O3. The predicted molar refractivity (Wildman–Crippen MR) is 77.0 cm³/mol. The molecule has 5 heteroatoms. The molecule has 0 bridgehead atoms. The van der Waals surface area contributed by atoms with Crippen molar-refractivity contribution < 1.29 is 14.3 Å². The van der Waals surface area contributed by atoms with Crippen molar-refractivity contribution in [3.05, 3.63) is 35.9 Å². The lowest BCUT2D eigenvalue weighted by Gasteiger charge is -2.20. The van der Waals surface area contributed by atoms with E-state index in [1.165, 1.54) is 0 Å². The third-order valence-corrected chi connectivity index (χ3v) is 2.89. The summed E-state index contributed by atoms with van der Waals surface area (Å²) < 4.78 is 4.83. The average Bonchev–Trinajstić information content (AvgIpc) is 2.46. The maximum atomic E-state index is 12.1. The van der Waals surface area contributed by atoms with Gasteiger partial charge in [-0.1, -0.05) is 30.3 Å². The molecule has 5 nitrogen and oxygen atoms in total. The van der Waals surface area contributed by atoms with Crippen LogP contribution < -0.4 is 5.32 Å². The third-order valence-electron chi connectivity index (χ3n) is 2.89. The first kappa shape index (κ1) is 16.2. The van der Waals surface area contributed by atoms with Crippen molar-refractivity contribution in [2.24, 2.45) is 0 Å². The minimum absolute atomic E-state index is 0.121. The van der Waals surface area contributed by atoms with Crippen LogP contribution in [0.3, 0.4) is 0 Å². The first-order valence-electron chi connectivity index (χ1n) is 6.74. The van der Waals surface area contributed by atoms with E-state index in [0.717, 1.165) is 5.56 Å². The second kappa shape index (κ2) is 9.09. The van der Waals surface area contributed by atoms with Gasteiger partial charge in [-0.15, -0.1) is 0 Å². The van der Waals surface area contributed by atoms with Crippen molar-refractivity contribution in [3.63, 3.8) is 0 Å². The van der Waals surface area contributed by atoms with Gasteiger partial charge in [-0.2, -0.15) is 0 Å². The van der Waals surface area contributed by atoms with Gasteiger partial charge in [0, 0.05) is 26.7 Å². The van der Waals surface area contributed by atoms with Crippen LogP contribution in [0.4, 0.5) is 0 Å². The Morgan fingerprint density at radius 1 is 1.25 bits per heavy atom. The number of nitrogens with one attached hydrogen (secondary N) is 1. The molecule has 0 unspecified atom stereocenters. The largest absolute Gasteiger partial charge is 0.383 e. The quantitative estimate of drug-likeness (QED) is 0.574. The Balaban J connectivity index is 2.44. The van der Waals surface area contributed by atoms with Gasteiger partial charge in [0.25, 0.3) is 0 Å². The Bertz CT molecular complexity index is 420. The fourth-order valence-corrected chi connectivity index (χ4v) is 1.78. The van der Waals surface area contributed by atoms with Gasteiger partial charge in [-0.3, -0.25) is 9.59 Å². The van der Waals surface area contributed by atoms with Crippen LogP contribution in [0.5, 0.6) is 0 Å². The molecule has 1 N–H and O–H groups in total. The third kappa shape index (κ3) is 5.84. The number of nitrogens with zero attached hydrogens (tertiary/aromatic N) is 1. The molecule has 20 heavy (non-hydrogen) atoms. The zero-order valence-corrected chi connectivity index (χ0v) is 12.1. The van der Waals surface area contributed by atoms with Crippen molar-refractivity contribution in [1.29, 1.82) is 0 Å². The van der Waals surface area contributed by atoms with Gasteiger partial charge in [0.15, 0.2) is 0 Å². The molecule has 0 aromatic heterocycles. The Kier molecular flexibility index (Phi) is 7.35. The number of methoxy groups -OCH3 is 1. The molecule has 0 fully saturated rings. The van der Waals surface area contributed by atoms with Crippen LogP contribution in [0, 0.1) is 0 Å². The van der Waals surface area contributed by atoms with Gasteiger partial charge >= 0.3 is 0 Å². The minimum atomic E-state index is -0.265. The van der Waals surface area contributed by atoms with E-state index in [2.05, 4.69) is 5.32 Å². The maximum Gasteiger partial charge on any atom is 0.232 e. The fraction of sp³-hybridized carbons (Fsp3) is 0.467. The highest BCUT2D eigenvalue weighted by molar-refractivity contribution is 5.96. The summed E-state index contributed by atoms with van der Waals surface area (Å²) in [4.78, 5) is 25.3. The van der Waals surface area contributed by atoms with Crippen LogP contribution >= 0.6 is 0 Å². The highest BCUT2D eigenvalue weighted by Gasteiger charge is 2.15. The number of hydrogen-bond donors (Lipinski definition) is 1. The van der Waals surface area contributed by atoms with Gasteiger partial charge in [-0.25, -0.2) is 0 Å². The Morgan fingerprint density at radius 3 is 2.55 bits per heavy atom. The number of benzene rings is 1. The van der Waals surface area contributed by atoms with E-state index in [0.29, 0.717) is 26.2 Å². The summed E-state index contributed by atoms with van der Waals surface area (Å²) in [6.45, 7) is 3.89. The van der Waals surface area contributed by atoms with E-state index in [9.17, 15) is 9.59 Å². The van der Waals surface area contributed by atoms with Crippen LogP contribution in [0.2, 0.25) is 0 Å². The molecule has 1 aromatic rings. The van der Waals surface area contributed by atoms with Gasteiger partial charge < -0.3 is 15.0 Å². The number of hydrogen-bond acceptors (Lipinski definition) is 3. The molecule has 0 saturated carbocycles. The Hall–Kier alpha value is -1.88. The zero-order valence-electron chi connectivity index (χ0n) is 12.1. The number of carbonyl (C=O) groups excluding carboxylic acids is 2. The van der Waals surface area contributed by atoms with Crippen LogP contribution in [0.15, 0.2) is 30.3 Å². The monoisotopic (exact) mass is 278 g/mol. The summed E-state index contributed by atoms with van der Waals surface area (Å²) >= 11 is 0. The van der Waals surface area contributed by atoms with Crippen molar-refractivity contribution in [2.75, 3.05) is 26.8 Å². The summed E-state index contributed by atoms with van der Waals surface area (Å²) in [5.41, 5.74) is 1.06. The second-order valence-corrected chi connectivity index (χ2v) is 4.41. The number of carbonyl (C=O) groups is 2. The van der Waals surface area contributed by atoms with Gasteiger partial charge in [0.1, 0.15) is 6.42 Å². The van der Waals surface area contributed by atoms with Crippen LogP contribution in [0.1, 0.15) is 18.9 Å². The number of amides is 2. The molecule has 0 radical (unpaired) electrons. The molecule has 0 atom stereocenters. The first-order valence-corrected chi connectivity index (χ1v) is 6.74. The van der Waals surface area contributed by atoms with E-state index < -0.39 is 0 Å². The zero-order chi connectivity index (χ0) is 14.8. The lowest BCUT2D eigenvalue weighted by atomic mass is 10.2. The Morgan fingerprint density at radius 2 is 1.95 bits per heavy atom. The van der Waals surface area contributed by atoms with Gasteiger partial charge in [0.05, 0.1) is 6.61 Å². The van der Waals surface area contributed by atoms with E-state index in [1.54, 1.807) is 12.0 Å². The minimum Gasteiger partial charge on any atom is -0.383 e. The smallest absolute Gasteiger partial charge is 0.232 e. The summed E-state index contributed by atoms with van der Waals surface area (Å²) in [7, 11) is 1.57. The molecule has 0 aliphatic heterocycles. The molecule has 0 spiro atoms. The normalized spacial score (nSPS) is 10.1. The SMILES string of the molecule is CCN(Cc1ccccc1)C(=O)CC(=O)NCCOC. The topological polar surface area (TPSA) is 58.6 Å². The van der Waals surface area contributed by atoms with Crippen molar-refractivity contribution in [1.82, 2.24) is 10.2 Å². The summed E-state index contributed by atoms with van der Waals surface area (Å²) in [5.74, 6) is -0.426. The summed E-state index contributed by atoms with van der Waals surface area (Å²) in [6.07, 6.45) is -0.121. The molecule has 0 aliphatic carbocycles. The number of ether oxygens (including phenoxy) is 1. The molecular weight excluding hydrogens is 256 g/mol. The molecule has 2 amide bonds. The van der Waals surface area contributed by atoms with E-state index in [1.807, 2.05) is 37.3 Å². The molecule has 0 aliphatic rings. The molecule has 1 rings (SSSR count). The van der Waals surface area contributed by atoms with Crippen molar-refractivity contribution in [3.8, 4) is 0 Å². The predicted octanol–water partition coefficient (Wildman–Crippen LogP) is 1.19. The summed E-state index contributed by atoms with van der Waals surface area (Å²) in [5, 5.41) is 2.65. The maximum absolute atomic E-state index is 12.1. The lowest BCUT2D eigenvalue weighted by Crippen LogP contribution is -2.36. The van der Waals surface area contributed by atoms with E-state index >= 15 is 0 Å². The highest BCUT2D eigenvalue weighted by Crippen LogP contribution is 2.05. The summed E-state index contributed by atoms with van der Waals surface area (Å²) in [6, 6.07) is 9.74. The standard InChI is InChI=1S/C15H22N2O3/c1-3-17(12-13-7-5-4-6-8-13)15(19)11-14(18)16-9-10-20-2/h4-8H,3,9-12H2,1-2H3,(H,16,18). The van der Waals surface area contributed by atoms with E-state index in [-0.39, 0.29) is 18.2 Å². The second-order valence-electron chi connectivity index (χ2n) is 4.41. The fourth-order valence-electron chi connectivity index (χ4n) is 1.78. The molecule has 0 heterocycles. The number of rotatable bonds is 8. The van der Waals surface area contributed by atoms with Crippen LogP contribution in [-0.4, -0.2) is 43.5 Å². The average molecular weight is 278 g/mol. The molecule has 1 aromatic carbocycles. The highest BCUT2D eigenvalue weighted by atomic mass is 16.5. The van der Waals surface area contributed by atoms with Crippen LogP contribution in [0.25, 0.3) is 0 Å². The first-order chi connectivity index (χ1) is 9.67. The van der Waals surface area contributed by atoms with Crippen LogP contribution in [-0.2, 0) is 20.9 Å². The van der Waals surface area contributed by atoms with Crippen molar-refractivity contribution >= 4 is 11.8 Å². The molecule has 110 valence electrons. The Labute approximate surface area is 119 Å². The van der Waals surface area contributed by atoms with Gasteiger partial charge in [0.2, 0.25) is 11.8 Å². The lowest BCUT2D eigenvalue weighted by molar-refractivity contribution is -0.136. The van der Waals surface area contributed by atoms with E-state index in [4.69, 9.17) is 4.74 Å². The van der Waals surface area contributed by atoms with Crippen molar-refractivity contribution in [2.45, 2.75) is 19.9 Å². The van der Waals surface area contributed by atoms with Gasteiger partial charge in [-0.05, 0) is 12.5 Å².